The maximum absolute atomic E-state index is 11.4. The molecular weight excluding hydrogens is 220 g/mol. The Labute approximate surface area is 100 Å². The van der Waals surface area contributed by atoms with Crippen molar-refractivity contribution in [1.29, 1.82) is 0 Å². The predicted octanol–water partition coefficient (Wildman–Crippen LogP) is 1.38. The summed E-state index contributed by atoms with van der Waals surface area (Å²) in [6.45, 7) is 5.27. The van der Waals surface area contributed by atoms with Crippen molar-refractivity contribution in [2.45, 2.75) is 26.8 Å². The number of aliphatic carboxylic acids is 1. The van der Waals surface area contributed by atoms with Gasteiger partial charge in [0.25, 0.3) is 0 Å². The minimum atomic E-state index is -1.04. The molecule has 1 atom stereocenters. The molecule has 0 spiro atoms. The first-order valence-corrected chi connectivity index (χ1v) is 5.39. The van der Waals surface area contributed by atoms with Crippen molar-refractivity contribution in [1.82, 2.24) is 9.88 Å². The lowest BCUT2D eigenvalue weighted by molar-refractivity contribution is -0.149. The van der Waals surface area contributed by atoms with E-state index in [1.54, 1.807) is 26.1 Å². The van der Waals surface area contributed by atoms with E-state index in [0.717, 1.165) is 5.56 Å². The maximum atomic E-state index is 11.4. The molecule has 1 amide bonds. The lowest BCUT2D eigenvalue weighted by Gasteiger charge is -2.27. The van der Waals surface area contributed by atoms with Crippen LogP contribution in [0, 0.1) is 6.92 Å². The van der Waals surface area contributed by atoms with Gasteiger partial charge in [-0.05, 0) is 25.5 Å². The lowest BCUT2D eigenvalue weighted by Crippen LogP contribution is -2.37. The number of aryl methyl sites for hydroxylation is 1. The van der Waals surface area contributed by atoms with Gasteiger partial charge >= 0.3 is 5.97 Å². The topological polar surface area (TPSA) is 70.5 Å². The van der Waals surface area contributed by atoms with Crippen LogP contribution in [-0.2, 0) is 9.59 Å². The molecule has 92 valence electrons. The van der Waals surface area contributed by atoms with Crippen molar-refractivity contribution in [3.8, 4) is 0 Å². The molecule has 0 aromatic carbocycles. The maximum Gasteiger partial charge on any atom is 0.331 e. The van der Waals surface area contributed by atoms with Gasteiger partial charge in [0.05, 0.1) is 0 Å². The number of nitrogens with zero attached hydrogens (tertiary/aromatic N) is 2. The first kappa shape index (κ1) is 13.2. The van der Waals surface area contributed by atoms with E-state index in [4.69, 9.17) is 0 Å². The molecule has 1 rings (SSSR count). The molecule has 0 fully saturated rings. The van der Waals surface area contributed by atoms with E-state index in [1.165, 1.54) is 18.0 Å². The molecule has 0 radical (unpaired) electrons. The summed E-state index contributed by atoms with van der Waals surface area (Å²) in [4.78, 5) is 28.0. The van der Waals surface area contributed by atoms with Gasteiger partial charge in [-0.25, -0.2) is 4.79 Å². The van der Waals surface area contributed by atoms with Gasteiger partial charge in [-0.3, -0.25) is 9.78 Å². The average molecular weight is 236 g/mol. The Hall–Kier alpha value is -1.91. The first-order chi connectivity index (χ1) is 7.99. The molecule has 5 heteroatoms. The standard InChI is InChI=1S/C12H16N2O3/c1-4-14(9(3)15)11(12(16)17)10-7-13-6-5-8(10)2/h5-7,11H,4H2,1-3H3,(H,16,17). The molecule has 0 saturated heterocycles. The largest absolute Gasteiger partial charge is 0.479 e. The fourth-order valence-electron chi connectivity index (χ4n) is 1.78. The molecule has 0 bridgehead atoms. The van der Waals surface area contributed by atoms with Crippen LogP contribution in [-0.4, -0.2) is 33.4 Å². The van der Waals surface area contributed by atoms with Crippen LogP contribution >= 0.6 is 0 Å². The number of carbonyl (C=O) groups is 2. The average Bonchev–Trinajstić information content (AvgIpc) is 2.26. The monoisotopic (exact) mass is 236 g/mol. The minimum absolute atomic E-state index is 0.261. The summed E-state index contributed by atoms with van der Waals surface area (Å²) in [5.74, 6) is -1.30. The summed E-state index contributed by atoms with van der Waals surface area (Å²) >= 11 is 0. The normalized spacial score (nSPS) is 11.9. The molecule has 5 nitrogen and oxygen atoms in total. The highest BCUT2D eigenvalue weighted by Crippen LogP contribution is 2.23. The Morgan fingerprint density at radius 3 is 2.59 bits per heavy atom. The van der Waals surface area contributed by atoms with E-state index in [9.17, 15) is 14.7 Å². The van der Waals surface area contributed by atoms with Gasteiger partial charge in [0.1, 0.15) is 0 Å². The Bertz CT molecular complexity index is 432. The second-order valence-corrected chi connectivity index (χ2v) is 3.78. The summed E-state index contributed by atoms with van der Waals surface area (Å²) in [7, 11) is 0. The van der Waals surface area contributed by atoms with Crippen LogP contribution < -0.4 is 0 Å². The quantitative estimate of drug-likeness (QED) is 0.857. The van der Waals surface area contributed by atoms with Crippen LogP contribution in [0.5, 0.6) is 0 Å². The van der Waals surface area contributed by atoms with Crippen molar-refractivity contribution < 1.29 is 14.7 Å². The van der Waals surface area contributed by atoms with Crippen LogP contribution in [0.25, 0.3) is 0 Å². The first-order valence-electron chi connectivity index (χ1n) is 5.39. The minimum Gasteiger partial charge on any atom is -0.479 e. The number of amides is 1. The smallest absolute Gasteiger partial charge is 0.331 e. The van der Waals surface area contributed by atoms with Crippen molar-refractivity contribution in [2.75, 3.05) is 6.54 Å². The number of pyridine rings is 1. The van der Waals surface area contributed by atoms with Crippen LogP contribution in [0.2, 0.25) is 0 Å². The number of carbonyl (C=O) groups excluding carboxylic acids is 1. The number of carboxylic acids is 1. The Morgan fingerprint density at radius 2 is 2.18 bits per heavy atom. The Kier molecular flexibility index (Phi) is 4.20. The summed E-state index contributed by atoms with van der Waals surface area (Å²) in [5, 5.41) is 9.28. The summed E-state index contributed by atoms with van der Waals surface area (Å²) in [6, 6.07) is 0.769. The summed E-state index contributed by atoms with van der Waals surface area (Å²) in [6.07, 6.45) is 3.10. The van der Waals surface area contributed by atoms with E-state index in [-0.39, 0.29) is 5.91 Å². The van der Waals surface area contributed by atoms with Crippen molar-refractivity contribution in [2.24, 2.45) is 0 Å². The van der Waals surface area contributed by atoms with Crippen LogP contribution in [0.1, 0.15) is 31.0 Å². The van der Waals surface area contributed by atoms with Gasteiger partial charge in [0.2, 0.25) is 5.91 Å². The molecule has 1 aromatic heterocycles. The van der Waals surface area contributed by atoms with Crippen molar-refractivity contribution >= 4 is 11.9 Å². The molecule has 1 unspecified atom stereocenters. The number of hydrogen-bond acceptors (Lipinski definition) is 3. The molecule has 0 aliphatic rings. The van der Waals surface area contributed by atoms with Crippen molar-refractivity contribution in [3.63, 3.8) is 0 Å². The number of likely N-dealkylation sites (N-methyl/N-ethyl adjacent to an activating group) is 1. The van der Waals surface area contributed by atoms with Gasteiger partial charge < -0.3 is 10.0 Å². The third kappa shape index (κ3) is 2.81. The summed E-state index contributed by atoms with van der Waals surface area (Å²) < 4.78 is 0. The molecule has 1 aromatic rings. The third-order valence-corrected chi connectivity index (χ3v) is 2.66. The van der Waals surface area contributed by atoms with Gasteiger partial charge in [-0.2, -0.15) is 0 Å². The van der Waals surface area contributed by atoms with E-state index >= 15 is 0 Å². The predicted molar refractivity (Wildman–Crippen MR) is 62.4 cm³/mol. The third-order valence-electron chi connectivity index (χ3n) is 2.66. The highest BCUT2D eigenvalue weighted by molar-refractivity contribution is 5.83. The van der Waals surface area contributed by atoms with E-state index in [0.29, 0.717) is 12.1 Å². The van der Waals surface area contributed by atoms with Crippen molar-refractivity contribution in [3.05, 3.63) is 29.6 Å². The highest BCUT2D eigenvalue weighted by atomic mass is 16.4. The number of hydrogen-bond donors (Lipinski definition) is 1. The molecule has 1 heterocycles. The SMILES string of the molecule is CCN(C(C)=O)C(C(=O)O)c1cnccc1C. The van der Waals surface area contributed by atoms with Crippen LogP contribution in [0.3, 0.4) is 0 Å². The second-order valence-electron chi connectivity index (χ2n) is 3.78. The Morgan fingerprint density at radius 1 is 1.53 bits per heavy atom. The fourth-order valence-corrected chi connectivity index (χ4v) is 1.78. The van der Waals surface area contributed by atoms with Gasteiger partial charge in [0.15, 0.2) is 6.04 Å². The van der Waals surface area contributed by atoms with Crippen LogP contribution in [0.4, 0.5) is 0 Å². The molecular formula is C12H16N2O3. The fraction of sp³-hybridized carbons (Fsp3) is 0.417. The second kappa shape index (κ2) is 5.43. The lowest BCUT2D eigenvalue weighted by atomic mass is 10.0. The zero-order valence-electron chi connectivity index (χ0n) is 10.2. The number of carboxylic acid groups (broad SMARTS) is 1. The Balaban J connectivity index is 3.22. The molecule has 0 aliphatic heterocycles. The molecule has 0 aliphatic carbocycles. The number of aromatic nitrogens is 1. The molecule has 17 heavy (non-hydrogen) atoms. The van der Waals surface area contributed by atoms with Gasteiger partial charge in [-0.15, -0.1) is 0 Å². The molecule has 0 saturated carbocycles. The van der Waals surface area contributed by atoms with Crippen LogP contribution in [0.15, 0.2) is 18.5 Å². The summed E-state index contributed by atoms with van der Waals surface area (Å²) in [5.41, 5.74) is 1.36. The molecule has 1 N–H and O–H groups in total. The van der Waals surface area contributed by atoms with E-state index in [1.807, 2.05) is 0 Å². The number of rotatable bonds is 4. The highest BCUT2D eigenvalue weighted by Gasteiger charge is 2.29. The van der Waals surface area contributed by atoms with E-state index in [2.05, 4.69) is 4.98 Å². The van der Waals surface area contributed by atoms with E-state index < -0.39 is 12.0 Å². The van der Waals surface area contributed by atoms with Gasteiger partial charge in [-0.1, -0.05) is 0 Å². The van der Waals surface area contributed by atoms with Gasteiger partial charge in [0, 0.05) is 31.4 Å². The zero-order valence-corrected chi connectivity index (χ0v) is 10.2. The zero-order chi connectivity index (χ0) is 13.0.